The lowest BCUT2D eigenvalue weighted by Crippen LogP contribution is -2.31. The fraction of sp³-hybridized carbons (Fsp3) is 0.273. The van der Waals surface area contributed by atoms with Crippen molar-refractivity contribution in [3.05, 3.63) is 75.8 Å². The third kappa shape index (κ3) is 4.14. The summed E-state index contributed by atoms with van der Waals surface area (Å²) in [5.41, 5.74) is 2.89. The molecule has 3 heterocycles. The van der Waals surface area contributed by atoms with Crippen molar-refractivity contribution in [3.8, 4) is 0 Å². The van der Waals surface area contributed by atoms with Gasteiger partial charge in [0.1, 0.15) is 11.6 Å². The van der Waals surface area contributed by atoms with Crippen LogP contribution in [0.4, 0.5) is 13.9 Å². The Bertz CT molecular complexity index is 1100. The maximum Gasteiger partial charge on any atom is 0.185 e. The van der Waals surface area contributed by atoms with E-state index in [2.05, 4.69) is 26.8 Å². The number of carbonyl (C=O) groups excluding carboxylic acids is 1. The predicted molar refractivity (Wildman–Crippen MR) is 113 cm³/mol. The van der Waals surface area contributed by atoms with E-state index < -0.39 is 23.0 Å². The lowest BCUT2D eigenvalue weighted by Gasteiger charge is -2.29. The summed E-state index contributed by atoms with van der Waals surface area (Å²) in [6.45, 7) is 5.70. The van der Waals surface area contributed by atoms with Gasteiger partial charge in [0.15, 0.2) is 10.9 Å². The number of anilines is 1. The number of hydrogen-bond donors (Lipinski definition) is 0. The second-order valence-electron chi connectivity index (χ2n) is 7.27. The SMILES string of the molecule is CC1=C(c2cnc(CC(=O)c3c(F)cccc3F)cn2)CN(c2ncc(C)s2)CC1. The van der Waals surface area contributed by atoms with E-state index in [9.17, 15) is 13.6 Å². The second kappa shape index (κ2) is 8.39. The monoisotopic (exact) mass is 426 g/mol. The molecule has 0 aliphatic carbocycles. The van der Waals surface area contributed by atoms with Gasteiger partial charge in [-0.25, -0.2) is 13.8 Å². The number of carbonyl (C=O) groups is 1. The Morgan fingerprint density at radius 3 is 2.50 bits per heavy atom. The summed E-state index contributed by atoms with van der Waals surface area (Å²) in [4.78, 5) is 29.0. The van der Waals surface area contributed by atoms with Crippen LogP contribution in [0.1, 0.15) is 40.0 Å². The number of Topliss-reactive ketones (excluding diaryl/α,β-unsaturated/α-hetero) is 1. The molecule has 154 valence electrons. The van der Waals surface area contributed by atoms with Gasteiger partial charge in [0.2, 0.25) is 0 Å². The van der Waals surface area contributed by atoms with Crippen LogP contribution < -0.4 is 4.90 Å². The molecule has 0 amide bonds. The highest BCUT2D eigenvalue weighted by Gasteiger charge is 2.22. The smallest absolute Gasteiger partial charge is 0.185 e. The van der Waals surface area contributed by atoms with Crippen molar-refractivity contribution in [1.82, 2.24) is 15.0 Å². The van der Waals surface area contributed by atoms with E-state index >= 15 is 0 Å². The molecule has 0 atom stereocenters. The topological polar surface area (TPSA) is 59.0 Å². The molecule has 0 saturated heterocycles. The number of aromatic nitrogens is 3. The molecule has 0 radical (unpaired) electrons. The van der Waals surface area contributed by atoms with Gasteiger partial charge in [-0.1, -0.05) is 11.6 Å². The minimum absolute atomic E-state index is 0.215. The molecule has 0 spiro atoms. The van der Waals surface area contributed by atoms with E-state index in [1.54, 1.807) is 17.5 Å². The average molecular weight is 426 g/mol. The molecule has 1 aliphatic rings. The van der Waals surface area contributed by atoms with Gasteiger partial charge in [-0.3, -0.25) is 14.8 Å². The van der Waals surface area contributed by atoms with E-state index in [-0.39, 0.29) is 6.42 Å². The first-order valence-electron chi connectivity index (χ1n) is 9.57. The van der Waals surface area contributed by atoms with Crippen LogP contribution in [0.5, 0.6) is 0 Å². The summed E-state index contributed by atoms with van der Waals surface area (Å²) in [6, 6.07) is 3.37. The van der Waals surface area contributed by atoms with Crippen molar-refractivity contribution in [1.29, 1.82) is 0 Å². The molecule has 1 aliphatic heterocycles. The summed E-state index contributed by atoms with van der Waals surface area (Å²) >= 11 is 1.66. The maximum atomic E-state index is 13.8. The van der Waals surface area contributed by atoms with Gasteiger partial charge in [-0.15, -0.1) is 11.3 Å². The third-order valence-corrected chi connectivity index (χ3v) is 6.07. The molecule has 8 heteroatoms. The van der Waals surface area contributed by atoms with E-state index in [1.165, 1.54) is 17.8 Å². The number of nitrogens with zero attached hydrogens (tertiary/aromatic N) is 4. The molecule has 0 unspecified atom stereocenters. The Labute approximate surface area is 177 Å². The van der Waals surface area contributed by atoms with Gasteiger partial charge in [0, 0.05) is 30.4 Å². The number of halogens is 2. The minimum atomic E-state index is -0.870. The standard InChI is InChI=1S/C22H20F2N4OS/c1-13-6-7-28(22-27-9-14(2)30-22)12-16(13)19-11-25-15(10-26-19)8-20(29)21-17(23)4-3-5-18(21)24/h3-5,9-11H,6-8,12H2,1-2H3. The van der Waals surface area contributed by atoms with Gasteiger partial charge < -0.3 is 4.90 Å². The number of aryl methyl sites for hydroxylation is 1. The van der Waals surface area contributed by atoms with Crippen LogP contribution in [-0.4, -0.2) is 33.8 Å². The van der Waals surface area contributed by atoms with Gasteiger partial charge >= 0.3 is 0 Å². The number of thiazole rings is 1. The van der Waals surface area contributed by atoms with Crippen LogP contribution in [0.15, 0.2) is 42.4 Å². The van der Waals surface area contributed by atoms with Crippen molar-refractivity contribution in [3.63, 3.8) is 0 Å². The lowest BCUT2D eigenvalue weighted by atomic mass is 9.99. The summed E-state index contributed by atoms with van der Waals surface area (Å²) in [7, 11) is 0. The Hall–Kier alpha value is -3.00. The van der Waals surface area contributed by atoms with Gasteiger partial charge in [0.05, 0.1) is 29.6 Å². The average Bonchev–Trinajstić information content (AvgIpc) is 3.15. The normalized spacial score (nSPS) is 14.3. The van der Waals surface area contributed by atoms with Gasteiger partial charge in [0.25, 0.3) is 0 Å². The number of rotatable bonds is 5. The molecular formula is C22H20F2N4OS. The molecule has 3 aromatic rings. The Morgan fingerprint density at radius 1 is 1.10 bits per heavy atom. The molecule has 4 rings (SSSR count). The summed E-state index contributed by atoms with van der Waals surface area (Å²) < 4.78 is 27.6. The highest BCUT2D eigenvalue weighted by Crippen LogP contribution is 2.30. The molecule has 1 aromatic carbocycles. The van der Waals surface area contributed by atoms with Crippen LogP contribution in [0.25, 0.3) is 5.57 Å². The molecular weight excluding hydrogens is 406 g/mol. The summed E-state index contributed by atoms with van der Waals surface area (Å²) in [5, 5.41) is 0.986. The summed E-state index contributed by atoms with van der Waals surface area (Å²) in [5.74, 6) is -2.40. The van der Waals surface area contributed by atoms with Crippen LogP contribution in [0.3, 0.4) is 0 Å². The van der Waals surface area contributed by atoms with E-state index in [0.717, 1.165) is 46.4 Å². The zero-order valence-corrected chi connectivity index (χ0v) is 17.5. The minimum Gasteiger partial charge on any atom is -0.343 e. The van der Waals surface area contributed by atoms with Crippen molar-refractivity contribution >= 4 is 27.8 Å². The predicted octanol–water partition coefficient (Wildman–Crippen LogP) is 4.63. The number of benzene rings is 1. The van der Waals surface area contributed by atoms with E-state index in [0.29, 0.717) is 12.2 Å². The summed E-state index contributed by atoms with van der Waals surface area (Å²) in [6.07, 6.45) is 5.68. The number of ketones is 1. The first-order chi connectivity index (χ1) is 14.4. The zero-order valence-electron chi connectivity index (χ0n) is 16.7. The molecule has 0 bridgehead atoms. The maximum absolute atomic E-state index is 13.8. The van der Waals surface area contributed by atoms with Crippen LogP contribution in [-0.2, 0) is 6.42 Å². The highest BCUT2D eigenvalue weighted by atomic mass is 32.1. The van der Waals surface area contributed by atoms with Crippen molar-refractivity contribution < 1.29 is 13.6 Å². The fourth-order valence-corrected chi connectivity index (χ4v) is 4.21. The Morgan fingerprint density at radius 2 is 1.87 bits per heavy atom. The van der Waals surface area contributed by atoms with Crippen LogP contribution >= 0.6 is 11.3 Å². The molecule has 0 saturated carbocycles. The van der Waals surface area contributed by atoms with Crippen molar-refractivity contribution in [2.24, 2.45) is 0 Å². The quantitative estimate of drug-likeness (QED) is 0.557. The van der Waals surface area contributed by atoms with Gasteiger partial charge in [-0.2, -0.15) is 0 Å². The van der Waals surface area contributed by atoms with Gasteiger partial charge in [-0.05, 0) is 38.0 Å². The van der Waals surface area contributed by atoms with Crippen molar-refractivity contribution in [2.75, 3.05) is 18.0 Å². The Kier molecular flexibility index (Phi) is 5.67. The molecule has 30 heavy (non-hydrogen) atoms. The zero-order chi connectivity index (χ0) is 21.3. The Balaban J connectivity index is 1.51. The second-order valence-corrected chi connectivity index (χ2v) is 8.49. The molecule has 0 N–H and O–H groups in total. The largest absolute Gasteiger partial charge is 0.343 e. The molecule has 5 nitrogen and oxygen atoms in total. The van der Waals surface area contributed by atoms with E-state index in [1.807, 2.05) is 13.1 Å². The molecule has 2 aromatic heterocycles. The fourth-order valence-electron chi connectivity index (χ4n) is 3.43. The lowest BCUT2D eigenvalue weighted by molar-refractivity contribution is 0.0983. The van der Waals surface area contributed by atoms with Crippen molar-refractivity contribution in [2.45, 2.75) is 26.7 Å². The van der Waals surface area contributed by atoms with Crippen LogP contribution in [0, 0.1) is 18.6 Å². The molecule has 0 fully saturated rings. The van der Waals surface area contributed by atoms with Crippen LogP contribution in [0.2, 0.25) is 0 Å². The first-order valence-corrected chi connectivity index (χ1v) is 10.4. The number of hydrogen-bond acceptors (Lipinski definition) is 6. The highest BCUT2D eigenvalue weighted by molar-refractivity contribution is 7.15. The van der Waals surface area contributed by atoms with E-state index in [4.69, 9.17) is 0 Å². The first kappa shape index (κ1) is 20.3. The third-order valence-electron chi connectivity index (χ3n) is 5.10.